The van der Waals surface area contributed by atoms with Crippen molar-refractivity contribution in [1.82, 2.24) is 0 Å². The molecule has 36 heavy (non-hydrogen) atoms. The highest BCUT2D eigenvalue weighted by molar-refractivity contribution is 7.47. The van der Waals surface area contributed by atoms with Crippen LogP contribution in [0.5, 0.6) is 0 Å². The van der Waals surface area contributed by atoms with Gasteiger partial charge in [0.1, 0.15) is 19.3 Å². The maximum atomic E-state index is 11.9. The Balaban J connectivity index is 3.68. The SMILES string of the molecule is CCCCCCCCCCCCCCCCOP(=O)(O)OC[C@@H](O)COP(=O)(O)OCC[N+](C)(C)C. The van der Waals surface area contributed by atoms with E-state index < -0.39 is 35.0 Å². The van der Waals surface area contributed by atoms with Crippen molar-refractivity contribution in [3.05, 3.63) is 0 Å². The van der Waals surface area contributed by atoms with Crippen LogP contribution in [0, 0.1) is 0 Å². The fourth-order valence-corrected chi connectivity index (χ4v) is 4.93. The maximum absolute atomic E-state index is 11.9. The molecule has 0 aromatic rings. The largest absolute Gasteiger partial charge is 0.472 e. The Labute approximate surface area is 219 Å². The summed E-state index contributed by atoms with van der Waals surface area (Å²) < 4.78 is 43.5. The van der Waals surface area contributed by atoms with Gasteiger partial charge in [-0.2, -0.15) is 0 Å². The molecule has 0 bridgehead atoms. The second kappa shape index (κ2) is 21.0. The smallest absolute Gasteiger partial charge is 0.388 e. The van der Waals surface area contributed by atoms with Gasteiger partial charge < -0.3 is 19.4 Å². The highest BCUT2D eigenvalue weighted by Gasteiger charge is 2.26. The number of likely N-dealkylation sites (N-methyl/N-ethyl adjacent to an activating group) is 1. The zero-order chi connectivity index (χ0) is 27.3. The van der Waals surface area contributed by atoms with Gasteiger partial charge in [0.25, 0.3) is 0 Å². The molecule has 0 aliphatic rings. The van der Waals surface area contributed by atoms with Gasteiger partial charge in [0.2, 0.25) is 0 Å². The lowest BCUT2D eigenvalue weighted by Gasteiger charge is -2.24. The highest BCUT2D eigenvalue weighted by Crippen LogP contribution is 2.45. The Morgan fingerprint density at radius 1 is 0.611 bits per heavy atom. The fourth-order valence-electron chi connectivity index (χ4n) is 3.39. The maximum Gasteiger partial charge on any atom is 0.472 e. The van der Waals surface area contributed by atoms with E-state index in [0.29, 0.717) is 17.4 Å². The summed E-state index contributed by atoms with van der Waals surface area (Å²) in [5, 5.41) is 9.81. The van der Waals surface area contributed by atoms with Crippen molar-refractivity contribution >= 4 is 15.6 Å². The first-order valence-corrected chi connectivity index (χ1v) is 16.6. The number of phosphoric acid groups is 2. The molecule has 0 spiro atoms. The first-order chi connectivity index (χ1) is 16.9. The van der Waals surface area contributed by atoms with E-state index in [1.165, 1.54) is 64.2 Å². The number of rotatable bonds is 26. The number of nitrogens with zero attached hydrogens (tertiary/aromatic N) is 1. The number of aliphatic hydroxyl groups is 1. The van der Waals surface area contributed by atoms with Gasteiger partial charge in [0.05, 0.1) is 41.0 Å². The lowest BCUT2D eigenvalue weighted by atomic mass is 10.0. The van der Waals surface area contributed by atoms with E-state index in [9.17, 15) is 24.0 Å². The molecule has 3 atom stereocenters. The Morgan fingerprint density at radius 3 is 1.36 bits per heavy atom. The van der Waals surface area contributed by atoms with Gasteiger partial charge in [-0.05, 0) is 6.42 Å². The second-order valence-corrected chi connectivity index (χ2v) is 13.4. The number of unbranched alkanes of at least 4 members (excludes halogenated alkanes) is 13. The average Bonchev–Trinajstić information content (AvgIpc) is 2.78. The van der Waals surface area contributed by atoms with Crippen LogP contribution >= 0.6 is 15.6 Å². The van der Waals surface area contributed by atoms with Crippen LogP contribution in [0.25, 0.3) is 0 Å². The molecule has 0 aliphatic heterocycles. The van der Waals surface area contributed by atoms with Crippen molar-refractivity contribution in [3.63, 3.8) is 0 Å². The first kappa shape index (κ1) is 36.1. The molecule has 0 aromatic heterocycles. The average molecular weight is 563 g/mol. The van der Waals surface area contributed by atoms with E-state index >= 15 is 0 Å². The van der Waals surface area contributed by atoms with E-state index in [2.05, 4.69) is 6.92 Å². The Kier molecular flexibility index (Phi) is 21.1. The third-order valence-electron chi connectivity index (χ3n) is 5.63. The molecular formula is C24H54NO9P2+. The minimum Gasteiger partial charge on any atom is -0.388 e. The van der Waals surface area contributed by atoms with Gasteiger partial charge in [-0.3, -0.25) is 18.1 Å². The summed E-state index contributed by atoms with van der Waals surface area (Å²) in [6.45, 7) is 1.66. The molecule has 10 nitrogen and oxygen atoms in total. The van der Waals surface area contributed by atoms with Crippen LogP contribution in [0.2, 0.25) is 0 Å². The lowest BCUT2D eigenvalue weighted by molar-refractivity contribution is -0.870. The Morgan fingerprint density at radius 2 is 0.972 bits per heavy atom. The fraction of sp³-hybridized carbons (Fsp3) is 1.00. The molecule has 218 valence electrons. The number of quaternary nitrogens is 1. The van der Waals surface area contributed by atoms with Crippen molar-refractivity contribution in [2.75, 3.05) is 54.1 Å². The van der Waals surface area contributed by atoms with Crippen LogP contribution in [0.3, 0.4) is 0 Å². The quantitative estimate of drug-likeness (QED) is 0.0679. The number of aliphatic hydroxyl groups excluding tert-OH is 1. The van der Waals surface area contributed by atoms with Gasteiger partial charge in [-0.1, -0.05) is 90.4 Å². The molecule has 0 amide bonds. The van der Waals surface area contributed by atoms with Crippen molar-refractivity contribution in [3.8, 4) is 0 Å². The van der Waals surface area contributed by atoms with E-state index in [1.807, 2.05) is 21.1 Å². The van der Waals surface area contributed by atoms with Gasteiger partial charge >= 0.3 is 15.6 Å². The molecule has 0 aromatic carbocycles. The molecule has 12 heteroatoms. The van der Waals surface area contributed by atoms with Crippen molar-refractivity contribution in [1.29, 1.82) is 0 Å². The van der Waals surface area contributed by atoms with E-state index in [-0.39, 0.29) is 13.2 Å². The van der Waals surface area contributed by atoms with Crippen LogP contribution in [0.15, 0.2) is 0 Å². The monoisotopic (exact) mass is 562 g/mol. The molecule has 3 N–H and O–H groups in total. The van der Waals surface area contributed by atoms with E-state index in [0.717, 1.165) is 19.3 Å². The number of hydrogen-bond acceptors (Lipinski definition) is 7. The van der Waals surface area contributed by atoms with Gasteiger partial charge in [0, 0.05) is 0 Å². The van der Waals surface area contributed by atoms with Gasteiger partial charge in [-0.15, -0.1) is 0 Å². The zero-order valence-electron chi connectivity index (χ0n) is 23.1. The minimum atomic E-state index is -4.33. The Hall–Kier alpha value is 0.140. The summed E-state index contributed by atoms with van der Waals surface area (Å²) in [7, 11) is -2.93. The highest BCUT2D eigenvalue weighted by atomic mass is 31.2. The van der Waals surface area contributed by atoms with Gasteiger partial charge in [0.15, 0.2) is 0 Å². The van der Waals surface area contributed by atoms with Crippen LogP contribution in [-0.2, 0) is 27.2 Å². The zero-order valence-corrected chi connectivity index (χ0v) is 24.9. The topological polar surface area (TPSA) is 132 Å². The van der Waals surface area contributed by atoms with E-state index in [4.69, 9.17) is 18.1 Å². The van der Waals surface area contributed by atoms with Crippen LogP contribution in [-0.4, -0.2) is 79.6 Å². The van der Waals surface area contributed by atoms with Crippen molar-refractivity contribution in [2.24, 2.45) is 0 Å². The van der Waals surface area contributed by atoms with Crippen LogP contribution in [0.4, 0.5) is 0 Å². The normalized spacial score (nSPS) is 16.5. The third-order valence-corrected chi connectivity index (χ3v) is 7.60. The number of hydrogen-bond donors (Lipinski definition) is 3. The summed E-state index contributed by atoms with van der Waals surface area (Å²) in [4.78, 5) is 19.3. The predicted octanol–water partition coefficient (Wildman–Crippen LogP) is 5.80. The summed E-state index contributed by atoms with van der Waals surface area (Å²) in [6, 6.07) is 0. The number of phosphoric ester groups is 2. The first-order valence-electron chi connectivity index (χ1n) is 13.6. The summed E-state index contributed by atoms with van der Waals surface area (Å²) >= 11 is 0. The van der Waals surface area contributed by atoms with Crippen LogP contribution < -0.4 is 0 Å². The summed E-state index contributed by atoms with van der Waals surface area (Å²) in [5.74, 6) is 0. The van der Waals surface area contributed by atoms with Crippen molar-refractivity contribution < 1.29 is 46.6 Å². The molecule has 0 saturated heterocycles. The van der Waals surface area contributed by atoms with E-state index in [1.54, 1.807) is 0 Å². The standard InChI is InChI=1S/C24H53NO9P2/c1-5-6-7-8-9-10-11-12-13-14-15-16-17-18-20-31-35(27,28)33-22-24(26)23-34-36(29,30)32-21-19-25(2,3)4/h24,26H,5-23H2,1-4H3,(H-,27,28,29,30)/p+1/t24-/m1/s1. The summed E-state index contributed by atoms with van der Waals surface area (Å²) in [5.41, 5.74) is 0. The summed E-state index contributed by atoms with van der Waals surface area (Å²) in [6.07, 6.45) is 15.6. The van der Waals surface area contributed by atoms with Gasteiger partial charge in [-0.25, -0.2) is 9.13 Å². The second-order valence-electron chi connectivity index (χ2n) is 10.5. The molecule has 0 heterocycles. The van der Waals surface area contributed by atoms with Crippen LogP contribution in [0.1, 0.15) is 96.8 Å². The molecule has 0 rings (SSSR count). The molecule has 0 aliphatic carbocycles. The minimum absolute atomic E-state index is 0.00279. The molecule has 2 unspecified atom stereocenters. The molecule has 0 fully saturated rings. The molecule has 0 saturated carbocycles. The van der Waals surface area contributed by atoms with Crippen molar-refractivity contribution in [2.45, 2.75) is 103 Å². The third kappa shape index (κ3) is 25.8. The predicted molar refractivity (Wildman–Crippen MR) is 143 cm³/mol. The molecule has 0 radical (unpaired) electrons. The molecular weight excluding hydrogens is 508 g/mol. The Bertz CT molecular complexity index is 617. The lowest BCUT2D eigenvalue weighted by Crippen LogP contribution is -2.37.